The summed E-state index contributed by atoms with van der Waals surface area (Å²) in [4.78, 5) is 58.7. The minimum atomic E-state index is -1.60. The van der Waals surface area contributed by atoms with Gasteiger partial charge in [-0.1, -0.05) is 48.5 Å². The highest BCUT2D eigenvalue weighted by molar-refractivity contribution is 5.94. The number of aromatic amines is 1. The third-order valence-corrected chi connectivity index (χ3v) is 6.99. The van der Waals surface area contributed by atoms with Gasteiger partial charge < -0.3 is 48.3 Å². The number of aliphatic hydroxyl groups is 1. The molecule has 2 aromatic carbocycles. The second-order valence-electron chi connectivity index (χ2n) is 10.5. The molecule has 1 heterocycles. The summed E-state index contributed by atoms with van der Waals surface area (Å²) in [5.74, 6) is -3.66. The number of amides is 3. The summed E-state index contributed by atoms with van der Waals surface area (Å²) in [6.45, 7) is 1.41. The fraction of sp³-hybridized carbons (Fsp3) is 0.367. The predicted octanol–water partition coefficient (Wildman–Crippen LogP) is -0.746. The van der Waals surface area contributed by atoms with Crippen LogP contribution in [0.3, 0.4) is 0 Å². The Morgan fingerprint density at radius 1 is 0.886 bits per heavy atom. The van der Waals surface area contributed by atoms with Crippen molar-refractivity contribution in [3.8, 4) is 0 Å². The number of benzene rings is 2. The Bertz CT molecular complexity index is 1450. The number of hydrogen-bond donors (Lipinski definition) is 9. The number of para-hydroxylation sites is 1. The number of fused-ring (bicyclic) bond motifs is 1. The van der Waals surface area contributed by atoms with Gasteiger partial charge in [0.2, 0.25) is 17.7 Å². The zero-order valence-corrected chi connectivity index (χ0v) is 24.4. The molecule has 44 heavy (non-hydrogen) atoms. The maximum Gasteiger partial charge on any atom is 0.328 e. The zero-order valence-electron chi connectivity index (χ0n) is 24.4. The number of aliphatic carboxylic acids is 1. The highest BCUT2D eigenvalue weighted by atomic mass is 16.4. The van der Waals surface area contributed by atoms with Crippen LogP contribution in [0.25, 0.3) is 10.9 Å². The molecule has 236 valence electrons. The summed E-state index contributed by atoms with van der Waals surface area (Å²) in [7, 11) is 0. The van der Waals surface area contributed by atoms with E-state index in [1.54, 1.807) is 36.5 Å². The minimum absolute atomic E-state index is 0.0132. The molecule has 0 fully saturated rings. The van der Waals surface area contributed by atoms with Gasteiger partial charge in [0.25, 0.3) is 0 Å². The van der Waals surface area contributed by atoms with Crippen molar-refractivity contribution in [1.29, 1.82) is 0 Å². The number of rotatable bonds is 16. The molecule has 0 aliphatic rings. The summed E-state index contributed by atoms with van der Waals surface area (Å²) < 4.78 is 0. The maximum atomic E-state index is 13.6. The fourth-order valence-electron chi connectivity index (χ4n) is 4.66. The molecule has 3 rings (SSSR count). The van der Waals surface area contributed by atoms with Gasteiger partial charge in [-0.15, -0.1) is 0 Å². The van der Waals surface area contributed by atoms with E-state index in [2.05, 4.69) is 25.9 Å². The van der Waals surface area contributed by atoms with Crippen LogP contribution < -0.4 is 33.2 Å². The van der Waals surface area contributed by atoms with Gasteiger partial charge in [0, 0.05) is 30.1 Å². The molecule has 0 aliphatic carbocycles. The van der Waals surface area contributed by atoms with Gasteiger partial charge in [0.1, 0.15) is 12.1 Å². The van der Waals surface area contributed by atoms with Crippen LogP contribution in [0, 0.1) is 0 Å². The number of aliphatic imine (C=N–C) groups is 1. The van der Waals surface area contributed by atoms with Crippen molar-refractivity contribution in [2.24, 2.45) is 22.2 Å². The second-order valence-corrected chi connectivity index (χ2v) is 10.5. The number of nitrogens with zero attached hydrogens (tertiary/aromatic N) is 1. The smallest absolute Gasteiger partial charge is 0.328 e. The van der Waals surface area contributed by atoms with Gasteiger partial charge in [0.15, 0.2) is 12.0 Å². The van der Waals surface area contributed by atoms with Crippen molar-refractivity contribution in [2.45, 2.75) is 62.9 Å². The SMILES string of the molecule is CC(O)C(NC(=O)C(Cc1ccccc1)NC(=O)C(CCCN=C(N)N)NC(=O)C(N)Cc1c[nH]c2ccccc12)C(=O)O. The molecule has 14 heteroatoms. The minimum Gasteiger partial charge on any atom is -0.480 e. The van der Waals surface area contributed by atoms with E-state index < -0.39 is 54.0 Å². The van der Waals surface area contributed by atoms with Crippen LogP contribution in [0.2, 0.25) is 0 Å². The van der Waals surface area contributed by atoms with Crippen molar-refractivity contribution in [2.75, 3.05) is 6.54 Å². The van der Waals surface area contributed by atoms with Crippen LogP contribution in [0.15, 0.2) is 65.8 Å². The summed E-state index contributed by atoms with van der Waals surface area (Å²) in [6, 6.07) is 11.4. The molecule has 5 atom stereocenters. The largest absolute Gasteiger partial charge is 0.480 e. The third-order valence-electron chi connectivity index (χ3n) is 6.99. The number of hydrogen-bond acceptors (Lipinski definition) is 7. The zero-order chi connectivity index (χ0) is 32.2. The number of carboxylic acid groups (broad SMARTS) is 1. The van der Waals surface area contributed by atoms with Crippen molar-refractivity contribution in [3.05, 3.63) is 71.9 Å². The van der Waals surface area contributed by atoms with Gasteiger partial charge in [0.05, 0.1) is 12.1 Å². The van der Waals surface area contributed by atoms with Gasteiger partial charge in [-0.05, 0) is 43.4 Å². The van der Waals surface area contributed by atoms with E-state index >= 15 is 0 Å². The molecule has 0 radical (unpaired) electrons. The third kappa shape index (κ3) is 9.81. The average Bonchev–Trinajstić information content (AvgIpc) is 3.39. The van der Waals surface area contributed by atoms with E-state index in [1.807, 2.05) is 24.3 Å². The predicted molar refractivity (Wildman–Crippen MR) is 165 cm³/mol. The highest BCUT2D eigenvalue weighted by Gasteiger charge is 2.32. The lowest BCUT2D eigenvalue weighted by Gasteiger charge is -2.26. The summed E-state index contributed by atoms with van der Waals surface area (Å²) in [6.07, 6.45) is 1.02. The van der Waals surface area contributed by atoms with Crippen molar-refractivity contribution < 1.29 is 29.4 Å². The van der Waals surface area contributed by atoms with Crippen LogP contribution in [0.1, 0.15) is 30.9 Å². The van der Waals surface area contributed by atoms with Crippen molar-refractivity contribution in [1.82, 2.24) is 20.9 Å². The Balaban J connectivity index is 1.78. The number of nitrogens with two attached hydrogens (primary N) is 3. The van der Waals surface area contributed by atoms with Gasteiger partial charge in [-0.25, -0.2) is 4.79 Å². The Hall–Kier alpha value is -4.95. The van der Waals surface area contributed by atoms with Crippen molar-refractivity contribution >= 4 is 40.6 Å². The summed E-state index contributed by atoms with van der Waals surface area (Å²) in [5.41, 5.74) is 19.5. The van der Waals surface area contributed by atoms with Crippen LogP contribution in [0.5, 0.6) is 0 Å². The van der Waals surface area contributed by atoms with Crippen LogP contribution in [-0.2, 0) is 32.0 Å². The van der Waals surface area contributed by atoms with Crippen LogP contribution >= 0.6 is 0 Å². The van der Waals surface area contributed by atoms with Crippen LogP contribution in [-0.4, -0.2) is 81.7 Å². The van der Waals surface area contributed by atoms with E-state index in [0.29, 0.717) is 12.0 Å². The Morgan fingerprint density at radius 2 is 1.52 bits per heavy atom. The van der Waals surface area contributed by atoms with Gasteiger partial charge in [-0.2, -0.15) is 0 Å². The quantitative estimate of drug-likeness (QED) is 0.0563. The first-order valence-corrected chi connectivity index (χ1v) is 14.2. The first-order valence-electron chi connectivity index (χ1n) is 14.2. The number of H-pyrrole nitrogens is 1. The number of guanidine groups is 1. The standard InChI is InChI=1S/C30H40N8O6/c1-17(39)25(29(43)44)38-28(42)24(14-18-8-3-2-4-9-18)37-27(41)23(12-7-13-34-30(32)33)36-26(40)21(31)15-19-16-35-22-11-6-5-10-20(19)22/h2-6,8-11,16-17,21,23-25,35,39H,7,12-15,31H2,1H3,(H,36,40)(H,37,41)(H,38,42)(H,43,44)(H4,32,33,34). The molecule has 0 aliphatic heterocycles. The molecule has 3 aromatic rings. The molecule has 12 N–H and O–H groups in total. The topological polar surface area (TPSA) is 251 Å². The summed E-state index contributed by atoms with van der Waals surface area (Å²) >= 11 is 0. The Kier molecular flexibility index (Phi) is 12.2. The monoisotopic (exact) mass is 608 g/mol. The van der Waals surface area contributed by atoms with E-state index in [-0.39, 0.29) is 31.8 Å². The lowest BCUT2D eigenvalue weighted by Crippen LogP contribution is -2.58. The molecule has 0 spiro atoms. The van der Waals surface area contributed by atoms with E-state index in [9.17, 15) is 29.4 Å². The normalized spacial score (nSPS) is 14.4. The number of carboxylic acids is 1. The lowest BCUT2D eigenvalue weighted by atomic mass is 10.0. The second kappa shape index (κ2) is 16.0. The Labute approximate surface area is 254 Å². The number of aromatic nitrogens is 1. The Morgan fingerprint density at radius 3 is 2.18 bits per heavy atom. The number of nitrogens with one attached hydrogen (secondary N) is 4. The lowest BCUT2D eigenvalue weighted by molar-refractivity contribution is -0.145. The molecule has 0 saturated heterocycles. The molecule has 0 bridgehead atoms. The van der Waals surface area contributed by atoms with Gasteiger partial charge >= 0.3 is 5.97 Å². The number of carbonyl (C=O) groups is 4. The molecule has 3 amide bonds. The number of aliphatic hydroxyl groups excluding tert-OH is 1. The first kappa shape index (κ1) is 33.6. The molecule has 14 nitrogen and oxygen atoms in total. The fourth-order valence-corrected chi connectivity index (χ4v) is 4.66. The molecule has 5 unspecified atom stereocenters. The molecular weight excluding hydrogens is 568 g/mol. The van der Waals surface area contributed by atoms with E-state index in [4.69, 9.17) is 17.2 Å². The molecule has 0 saturated carbocycles. The summed E-state index contributed by atoms with van der Waals surface area (Å²) in [5, 5.41) is 27.8. The maximum absolute atomic E-state index is 13.6. The van der Waals surface area contributed by atoms with Gasteiger partial charge in [-0.3, -0.25) is 19.4 Å². The van der Waals surface area contributed by atoms with E-state index in [1.165, 1.54) is 6.92 Å². The molecule has 1 aromatic heterocycles. The number of carbonyl (C=O) groups excluding carboxylic acids is 3. The highest BCUT2D eigenvalue weighted by Crippen LogP contribution is 2.19. The van der Waals surface area contributed by atoms with Crippen LogP contribution in [0.4, 0.5) is 0 Å². The van der Waals surface area contributed by atoms with Crippen molar-refractivity contribution in [3.63, 3.8) is 0 Å². The van der Waals surface area contributed by atoms with E-state index in [0.717, 1.165) is 16.5 Å². The first-order chi connectivity index (χ1) is 21.0. The average molecular weight is 609 g/mol. The molecular formula is C30H40N8O6.